The van der Waals surface area contributed by atoms with Gasteiger partial charge >= 0.3 is 0 Å². The molecule has 2 aromatic rings. The van der Waals surface area contributed by atoms with E-state index in [1.165, 1.54) is 6.07 Å². The topological polar surface area (TPSA) is 29.3 Å². The highest BCUT2D eigenvalue weighted by Gasteiger charge is 2.13. The second kappa shape index (κ2) is 5.24. The zero-order chi connectivity index (χ0) is 13.3. The Bertz CT molecular complexity index is 571. The first-order valence-corrected chi connectivity index (χ1v) is 6.83. The highest BCUT2D eigenvalue weighted by Crippen LogP contribution is 2.29. The van der Waals surface area contributed by atoms with Crippen LogP contribution in [0, 0.1) is 11.6 Å². The maximum Gasteiger partial charge on any atom is 0.151 e. The molecule has 1 heterocycles. The third kappa shape index (κ3) is 2.81. The maximum atomic E-state index is 13.3. The maximum absolute atomic E-state index is 13.3. The van der Waals surface area contributed by atoms with E-state index in [0.717, 1.165) is 15.4 Å². The van der Waals surface area contributed by atoms with Crippen LogP contribution in [0.3, 0.4) is 0 Å². The van der Waals surface area contributed by atoms with Crippen LogP contribution in [-0.4, -0.2) is 7.05 Å². The van der Waals surface area contributed by atoms with E-state index >= 15 is 0 Å². The second-order valence-corrected chi connectivity index (χ2v) is 5.82. The van der Waals surface area contributed by atoms with E-state index in [1.54, 1.807) is 23.3 Å². The van der Waals surface area contributed by atoms with Gasteiger partial charge in [0.25, 0.3) is 0 Å². The van der Waals surface area contributed by atoms with Crippen molar-refractivity contribution in [2.24, 2.45) is 0 Å². The van der Waals surface area contributed by atoms with Crippen LogP contribution in [0.25, 0.3) is 0 Å². The fraction of sp³-hybridized carbons (Fsp3) is 0.167. The molecule has 0 radical (unpaired) electrons. The quantitative estimate of drug-likeness (QED) is 0.860. The van der Waals surface area contributed by atoms with Gasteiger partial charge in [0.05, 0.1) is 17.9 Å². The minimum Gasteiger partial charge on any atom is -0.395 e. The number of hydrogen-bond acceptors (Lipinski definition) is 3. The van der Waals surface area contributed by atoms with Gasteiger partial charge in [-0.3, -0.25) is 0 Å². The molecule has 0 aliphatic rings. The van der Waals surface area contributed by atoms with E-state index < -0.39 is 11.6 Å². The molecule has 2 nitrogen and oxygen atoms in total. The lowest BCUT2D eigenvalue weighted by Crippen LogP contribution is -2.18. The second-order valence-electron chi connectivity index (χ2n) is 3.91. The van der Waals surface area contributed by atoms with E-state index in [0.29, 0.717) is 12.2 Å². The summed E-state index contributed by atoms with van der Waals surface area (Å²) in [6.45, 7) is 0.545. The number of rotatable bonds is 3. The van der Waals surface area contributed by atoms with Gasteiger partial charge in [0.1, 0.15) is 5.82 Å². The summed E-state index contributed by atoms with van der Waals surface area (Å²) in [5.41, 5.74) is 5.95. The highest BCUT2D eigenvalue weighted by molar-refractivity contribution is 9.10. The van der Waals surface area contributed by atoms with Gasteiger partial charge in [0, 0.05) is 27.8 Å². The van der Waals surface area contributed by atoms with Gasteiger partial charge in [0.15, 0.2) is 5.82 Å². The van der Waals surface area contributed by atoms with Gasteiger partial charge in [-0.15, -0.1) is 11.3 Å². The first kappa shape index (κ1) is 13.3. The summed E-state index contributed by atoms with van der Waals surface area (Å²) in [5, 5.41) is 1.96. The number of thiophene rings is 1. The van der Waals surface area contributed by atoms with E-state index in [9.17, 15) is 8.78 Å². The molecule has 0 saturated heterocycles. The van der Waals surface area contributed by atoms with Crippen LogP contribution in [0.5, 0.6) is 0 Å². The molecule has 2 N–H and O–H groups in total. The molecule has 1 aromatic heterocycles. The number of anilines is 2. The van der Waals surface area contributed by atoms with Crippen molar-refractivity contribution in [1.29, 1.82) is 0 Å². The minimum atomic E-state index is -0.732. The molecule has 0 atom stereocenters. The molecule has 0 aliphatic carbocycles. The van der Waals surface area contributed by atoms with Crippen molar-refractivity contribution in [2.45, 2.75) is 6.54 Å². The first-order chi connectivity index (χ1) is 8.47. The Kier molecular flexibility index (Phi) is 3.87. The van der Waals surface area contributed by atoms with Crippen LogP contribution in [0.2, 0.25) is 0 Å². The van der Waals surface area contributed by atoms with Gasteiger partial charge in [-0.05, 0) is 28.1 Å². The minimum absolute atomic E-state index is 0.0329. The van der Waals surface area contributed by atoms with Crippen LogP contribution in [0.15, 0.2) is 28.1 Å². The average molecular weight is 333 g/mol. The number of halogens is 3. The molecular formula is C12H11BrF2N2S. The Morgan fingerprint density at radius 3 is 2.67 bits per heavy atom. The van der Waals surface area contributed by atoms with Gasteiger partial charge < -0.3 is 10.6 Å². The Hall–Kier alpha value is -1.14. The van der Waals surface area contributed by atoms with Crippen molar-refractivity contribution in [3.8, 4) is 0 Å². The monoisotopic (exact) mass is 332 g/mol. The predicted molar refractivity (Wildman–Crippen MR) is 74.9 cm³/mol. The Morgan fingerprint density at radius 1 is 1.33 bits per heavy atom. The molecule has 0 amide bonds. The highest BCUT2D eigenvalue weighted by atomic mass is 79.9. The van der Waals surface area contributed by atoms with Crippen molar-refractivity contribution in [1.82, 2.24) is 0 Å². The normalized spacial score (nSPS) is 10.7. The van der Waals surface area contributed by atoms with Crippen molar-refractivity contribution in [3.63, 3.8) is 0 Å². The zero-order valence-corrected chi connectivity index (χ0v) is 12.0. The lowest BCUT2D eigenvalue weighted by molar-refractivity contribution is 0.585. The fourth-order valence-corrected chi connectivity index (χ4v) is 3.15. The summed E-state index contributed by atoms with van der Waals surface area (Å²) in [6, 6.07) is 3.99. The summed E-state index contributed by atoms with van der Waals surface area (Å²) >= 11 is 4.93. The standard InChI is InChI=1S/C12H11BrF2N2S/c1-17(5-9-2-7(13)6-18-9)11-4-8(14)3-10(15)12(11)16/h2-4,6H,5,16H2,1H3. The molecular weight excluding hydrogens is 322 g/mol. The molecule has 0 unspecified atom stereocenters. The number of benzene rings is 1. The third-order valence-electron chi connectivity index (χ3n) is 2.50. The van der Waals surface area contributed by atoms with Crippen molar-refractivity contribution in [3.05, 3.63) is 44.6 Å². The zero-order valence-electron chi connectivity index (χ0n) is 9.58. The molecule has 0 fully saturated rings. The van der Waals surface area contributed by atoms with Crippen LogP contribution >= 0.6 is 27.3 Å². The van der Waals surface area contributed by atoms with E-state index in [4.69, 9.17) is 5.73 Å². The van der Waals surface area contributed by atoms with Crippen molar-refractivity contribution < 1.29 is 8.78 Å². The van der Waals surface area contributed by atoms with E-state index in [1.807, 2.05) is 11.4 Å². The number of nitrogen functional groups attached to an aromatic ring is 1. The van der Waals surface area contributed by atoms with Crippen LogP contribution < -0.4 is 10.6 Å². The molecule has 0 aliphatic heterocycles. The molecule has 18 heavy (non-hydrogen) atoms. The summed E-state index contributed by atoms with van der Waals surface area (Å²) in [7, 11) is 1.75. The van der Waals surface area contributed by atoms with E-state index in [2.05, 4.69) is 15.9 Å². The van der Waals surface area contributed by atoms with Gasteiger partial charge in [-0.1, -0.05) is 0 Å². The molecule has 0 saturated carbocycles. The lowest BCUT2D eigenvalue weighted by Gasteiger charge is -2.20. The summed E-state index contributed by atoms with van der Waals surface area (Å²) in [4.78, 5) is 2.80. The summed E-state index contributed by atoms with van der Waals surface area (Å²) < 4.78 is 27.5. The SMILES string of the molecule is CN(Cc1cc(Br)cs1)c1cc(F)cc(F)c1N. The Balaban J connectivity index is 2.26. The molecule has 0 spiro atoms. The smallest absolute Gasteiger partial charge is 0.151 e. The summed E-state index contributed by atoms with van der Waals surface area (Å²) in [5.74, 6) is -1.36. The number of hydrogen-bond donors (Lipinski definition) is 1. The van der Waals surface area contributed by atoms with Crippen molar-refractivity contribution in [2.75, 3.05) is 17.7 Å². The van der Waals surface area contributed by atoms with Crippen LogP contribution in [0.1, 0.15) is 4.88 Å². The number of nitrogens with two attached hydrogens (primary N) is 1. The molecule has 2 rings (SSSR count). The van der Waals surface area contributed by atoms with Gasteiger partial charge in [-0.2, -0.15) is 0 Å². The van der Waals surface area contributed by atoms with Crippen LogP contribution in [0.4, 0.5) is 20.2 Å². The van der Waals surface area contributed by atoms with Gasteiger partial charge in [-0.25, -0.2) is 8.78 Å². The van der Waals surface area contributed by atoms with E-state index in [-0.39, 0.29) is 5.69 Å². The largest absolute Gasteiger partial charge is 0.395 e. The molecule has 6 heteroatoms. The average Bonchev–Trinajstić information content (AvgIpc) is 2.69. The third-order valence-corrected chi connectivity index (χ3v) is 4.18. The summed E-state index contributed by atoms with van der Waals surface area (Å²) in [6.07, 6.45) is 0. The van der Waals surface area contributed by atoms with Gasteiger partial charge in [0.2, 0.25) is 0 Å². The number of nitrogens with zero attached hydrogens (tertiary/aromatic N) is 1. The molecule has 1 aromatic carbocycles. The molecule has 0 bridgehead atoms. The fourth-order valence-electron chi connectivity index (χ4n) is 1.64. The predicted octanol–water partition coefficient (Wildman–Crippen LogP) is 4.01. The Morgan fingerprint density at radius 2 is 2.06 bits per heavy atom. The molecule has 96 valence electrons. The van der Waals surface area contributed by atoms with Crippen LogP contribution in [-0.2, 0) is 6.54 Å². The Labute approximate surface area is 116 Å². The first-order valence-electron chi connectivity index (χ1n) is 5.16. The lowest BCUT2D eigenvalue weighted by atomic mass is 10.2. The van der Waals surface area contributed by atoms with Crippen molar-refractivity contribution >= 4 is 38.6 Å².